The van der Waals surface area contributed by atoms with Gasteiger partial charge in [-0.1, -0.05) is 13.3 Å². The maximum absolute atomic E-state index is 11.2. The number of hydrogen-bond donors (Lipinski definition) is 2. The number of hydrogen-bond acceptors (Lipinski definition) is 7. The lowest BCUT2D eigenvalue weighted by Crippen LogP contribution is -2.51. The Morgan fingerprint density at radius 2 is 2.30 bits per heavy atom. The molecule has 9 heteroatoms. The van der Waals surface area contributed by atoms with Gasteiger partial charge in [0, 0.05) is 6.07 Å². The van der Waals surface area contributed by atoms with E-state index in [0.717, 1.165) is 12.8 Å². The van der Waals surface area contributed by atoms with E-state index >= 15 is 0 Å². The van der Waals surface area contributed by atoms with E-state index < -0.39 is 16.4 Å². The van der Waals surface area contributed by atoms with Gasteiger partial charge >= 0.3 is 11.7 Å². The van der Waals surface area contributed by atoms with Gasteiger partial charge in [0.05, 0.1) is 23.4 Å². The van der Waals surface area contributed by atoms with Crippen molar-refractivity contribution in [2.24, 2.45) is 5.10 Å². The van der Waals surface area contributed by atoms with Crippen LogP contribution in [0.1, 0.15) is 26.7 Å². The standard InChI is InChI=1S/C14H18N4O5/c1-3-4-7-23-12-6-5-10(8-11(12)18(21)22)17-15-9-14(2,16-17)13(19)20/h5-6,8-9,16H,3-4,7H2,1-2H3,(H,19,20). The fraction of sp³-hybridized carbons (Fsp3) is 0.429. The third-order valence-electron chi connectivity index (χ3n) is 3.35. The molecule has 0 amide bonds. The summed E-state index contributed by atoms with van der Waals surface area (Å²) in [5.41, 5.74) is 1.47. The second-order valence-corrected chi connectivity index (χ2v) is 5.29. The zero-order valence-electron chi connectivity index (χ0n) is 12.9. The van der Waals surface area contributed by atoms with Gasteiger partial charge in [0.2, 0.25) is 0 Å². The van der Waals surface area contributed by atoms with Crippen molar-refractivity contribution in [3.05, 3.63) is 28.3 Å². The molecule has 1 aromatic carbocycles. The Morgan fingerprint density at radius 1 is 1.57 bits per heavy atom. The zero-order valence-corrected chi connectivity index (χ0v) is 12.9. The number of carboxylic acids is 1. The van der Waals surface area contributed by atoms with Gasteiger partial charge in [-0.2, -0.15) is 15.6 Å². The molecule has 0 aromatic heterocycles. The number of hydrazone groups is 1. The summed E-state index contributed by atoms with van der Waals surface area (Å²) in [6.45, 7) is 3.83. The number of nitro benzene ring substituents is 1. The van der Waals surface area contributed by atoms with Crippen molar-refractivity contribution >= 4 is 23.6 Å². The van der Waals surface area contributed by atoms with Gasteiger partial charge < -0.3 is 9.84 Å². The van der Waals surface area contributed by atoms with E-state index in [1.807, 2.05) is 6.92 Å². The number of nitro groups is 1. The average Bonchev–Trinajstić information content (AvgIpc) is 2.91. The first-order valence-corrected chi connectivity index (χ1v) is 7.15. The molecule has 1 atom stereocenters. The normalized spacial score (nSPS) is 19.8. The Labute approximate surface area is 132 Å². The molecule has 0 fully saturated rings. The van der Waals surface area contributed by atoms with Gasteiger partial charge in [0.15, 0.2) is 11.3 Å². The highest BCUT2D eigenvalue weighted by Gasteiger charge is 2.38. The molecule has 0 saturated heterocycles. The van der Waals surface area contributed by atoms with Gasteiger partial charge in [-0.05, 0) is 25.5 Å². The molecule has 124 valence electrons. The maximum Gasteiger partial charge on any atom is 0.331 e. The molecule has 0 saturated carbocycles. The van der Waals surface area contributed by atoms with Crippen LogP contribution in [-0.2, 0) is 4.79 Å². The molecule has 1 aliphatic rings. The highest BCUT2D eigenvalue weighted by Crippen LogP contribution is 2.32. The molecule has 1 aliphatic heterocycles. The van der Waals surface area contributed by atoms with Crippen LogP contribution >= 0.6 is 0 Å². The minimum Gasteiger partial charge on any atom is -0.487 e. The smallest absolute Gasteiger partial charge is 0.331 e. The number of carbonyl (C=O) groups is 1. The number of ether oxygens (including phenoxy) is 1. The van der Waals surface area contributed by atoms with Crippen LogP contribution in [-0.4, -0.2) is 34.4 Å². The van der Waals surface area contributed by atoms with Crippen LogP contribution in [0.4, 0.5) is 11.4 Å². The van der Waals surface area contributed by atoms with Crippen LogP contribution in [0.2, 0.25) is 0 Å². The molecule has 1 unspecified atom stereocenters. The fourth-order valence-electron chi connectivity index (χ4n) is 1.91. The van der Waals surface area contributed by atoms with Gasteiger partial charge in [0.1, 0.15) is 0 Å². The number of hydrazine groups is 1. The largest absolute Gasteiger partial charge is 0.487 e. The molecule has 0 radical (unpaired) electrons. The number of rotatable bonds is 7. The number of aliphatic carboxylic acids is 1. The van der Waals surface area contributed by atoms with E-state index in [-0.39, 0.29) is 11.4 Å². The van der Waals surface area contributed by atoms with E-state index in [0.29, 0.717) is 12.3 Å². The predicted octanol–water partition coefficient (Wildman–Crippen LogP) is 1.93. The Morgan fingerprint density at radius 3 is 2.87 bits per heavy atom. The van der Waals surface area contributed by atoms with Crippen LogP contribution in [0.5, 0.6) is 5.75 Å². The average molecular weight is 322 g/mol. The lowest BCUT2D eigenvalue weighted by atomic mass is 10.1. The molecule has 23 heavy (non-hydrogen) atoms. The third-order valence-corrected chi connectivity index (χ3v) is 3.35. The van der Waals surface area contributed by atoms with Crippen LogP contribution in [0.25, 0.3) is 0 Å². The molecule has 0 spiro atoms. The van der Waals surface area contributed by atoms with Gasteiger partial charge in [-0.15, -0.1) is 0 Å². The molecular weight excluding hydrogens is 304 g/mol. The number of nitrogens with one attached hydrogen (secondary N) is 1. The van der Waals surface area contributed by atoms with E-state index in [2.05, 4.69) is 10.5 Å². The molecule has 2 rings (SSSR count). The van der Waals surface area contributed by atoms with Crippen molar-refractivity contribution in [3.63, 3.8) is 0 Å². The topological polar surface area (TPSA) is 117 Å². The van der Waals surface area contributed by atoms with E-state index in [4.69, 9.17) is 9.84 Å². The Hall–Kier alpha value is -2.68. The lowest BCUT2D eigenvalue weighted by Gasteiger charge is -2.21. The van der Waals surface area contributed by atoms with Crippen molar-refractivity contribution < 1.29 is 19.6 Å². The van der Waals surface area contributed by atoms with E-state index in [1.165, 1.54) is 30.4 Å². The van der Waals surface area contributed by atoms with Crippen molar-refractivity contribution in [2.75, 3.05) is 11.7 Å². The number of benzene rings is 1. The summed E-state index contributed by atoms with van der Waals surface area (Å²) in [5, 5.41) is 25.5. The van der Waals surface area contributed by atoms with Crippen molar-refractivity contribution in [3.8, 4) is 5.75 Å². The van der Waals surface area contributed by atoms with Crippen molar-refractivity contribution in [2.45, 2.75) is 32.2 Å². The Kier molecular flexibility index (Phi) is 4.80. The van der Waals surface area contributed by atoms with Crippen molar-refractivity contribution in [1.29, 1.82) is 0 Å². The molecule has 0 aliphatic carbocycles. The van der Waals surface area contributed by atoms with Gasteiger partial charge in [-0.25, -0.2) is 4.79 Å². The first kappa shape index (κ1) is 16.7. The third kappa shape index (κ3) is 3.57. The van der Waals surface area contributed by atoms with Crippen LogP contribution in [0.3, 0.4) is 0 Å². The van der Waals surface area contributed by atoms with Crippen molar-refractivity contribution in [1.82, 2.24) is 5.43 Å². The number of anilines is 1. The zero-order chi connectivity index (χ0) is 17.0. The van der Waals surface area contributed by atoms with Crippen LogP contribution in [0.15, 0.2) is 23.3 Å². The molecule has 2 N–H and O–H groups in total. The van der Waals surface area contributed by atoms with E-state index in [1.54, 1.807) is 6.07 Å². The maximum atomic E-state index is 11.2. The second-order valence-electron chi connectivity index (χ2n) is 5.29. The minimum absolute atomic E-state index is 0.177. The predicted molar refractivity (Wildman–Crippen MR) is 83.6 cm³/mol. The molecule has 1 heterocycles. The van der Waals surface area contributed by atoms with Crippen LogP contribution < -0.4 is 15.3 Å². The fourth-order valence-corrected chi connectivity index (χ4v) is 1.91. The Balaban J connectivity index is 2.22. The summed E-state index contributed by atoms with van der Waals surface area (Å²) >= 11 is 0. The monoisotopic (exact) mass is 322 g/mol. The number of nitrogens with zero attached hydrogens (tertiary/aromatic N) is 3. The highest BCUT2D eigenvalue weighted by molar-refractivity contribution is 6.00. The summed E-state index contributed by atoms with van der Waals surface area (Å²) < 4.78 is 5.42. The molecular formula is C14H18N4O5. The number of unbranched alkanes of at least 4 members (excludes halogenated alkanes) is 1. The van der Waals surface area contributed by atoms with E-state index in [9.17, 15) is 14.9 Å². The summed E-state index contributed by atoms with van der Waals surface area (Å²) in [5.74, 6) is -0.922. The van der Waals surface area contributed by atoms with Gasteiger partial charge in [0.25, 0.3) is 0 Å². The summed E-state index contributed by atoms with van der Waals surface area (Å²) in [6.07, 6.45) is 2.95. The quantitative estimate of drug-likeness (QED) is 0.447. The Bertz CT molecular complexity index is 648. The van der Waals surface area contributed by atoms with Gasteiger partial charge in [-0.3, -0.25) is 10.1 Å². The molecule has 9 nitrogen and oxygen atoms in total. The minimum atomic E-state index is -1.36. The summed E-state index contributed by atoms with van der Waals surface area (Å²) in [6, 6.07) is 4.35. The highest BCUT2D eigenvalue weighted by atomic mass is 16.6. The SMILES string of the molecule is CCCCOc1ccc(N2N=CC(C)(C(=O)O)N2)cc1[N+](=O)[O-]. The van der Waals surface area contributed by atoms with Crippen LogP contribution in [0, 0.1) is 10.1 Å². The first-order chi connectivity index (χ1) is 10.9. The lowest BCUT2D eigenvalue weighted by molar-refractivity contribution is -0.385. The molecule has 1 aromatic rings. The second kappa shape index (κ2) is 6.61. The molecule has 0 bridgehead atoms. The summed E-state index contributed by atoms with van der Waals surface area (Å²) in [4.78, 5) is 21.8. The first-order valence-electron chi connectivity index (χ1n) is 7.15. The summed E-state index contributed by atoms with van der Waals surface area (Å²) in [7, 11) is 0. The number of carboxylic acid groups (broad SMARTS) is 1.